The Morgan fingerprint density at radius 3 is 2.69 bits per heavy atom. The number of guanidine groups is 1. The number of unbranched alkanes of at least 4 members (excludes halogenated alkanes) is 1. The van der Waals surface area contributed by atoms with E-state index in [0.717, 1.165) is 63.0 Å². The molecule has 0 amide bonds. The van der Waals surface area contributed by atoms with Crippen LogP contribution in [0.25, 0.3) is 0 Å². The van der Waals surface area contributed by atoms with E-state index in [1.807, 2.05) is 30.0 Å². The Morgan fingerprint density at radius 2 is 1.92 bits per heavy atom. The lowest BCUT2D eigenvalue weighted by Crippen LogP contribution is -2.39. The van der Waals surface area contributed by atoms with Gasteiger partial charge in [-0.25, -0.2) is 0 Å². The Hall–Kier alpha value is -1.92. The molecule has 142 valence electrons. The zero-order valence-corrected chi connectivity index (χ0v) is 16.3. The van der Waals surface area contributed by atoms with Gasteiger partial charge in [0.25, 0.3) is 0 Å². The number of aliphatic imine (C=N–C) groups is 1. The summed E-state index contributed by atoms with van der Waals surface area (Å²) >= 11 is 1.84. The van der Waals surface area contributed by atoms with E-state index in [2.05, 4.69) is 39.9 Å². The fourth-order valence-electron chi connectivity index (χ4n) is 2.34. The monoisotopic (exact) mass is 375 g/mol. The van der Waals surface area contributed by atoms with E-state index in [0.29, 0.717) is 0 Å². The van der Waals surface area contributed by atoms with Crippen LogP contribution in [0.15, 0.2) is 63.0 Å². The van der Waals surface area contributed by atoms with Crippen LogP contribution in [0.4, 0.5) is 0 Å². The number of methoxy groups -OCH3 is 1. The van der Waals surface area contributed by atoms with Gasteiger partial charge >= 0.3 is 0 Å². The van der Waals surface area contributed by atoms with Crippen molar-refractivity contribution in [1.82, 2.24) is 10.6 Å². The molecule has 0 unspecified atom stereocenters. The van der Waals surface area contributed by atoms with Crippen molar-refractivity contribution < 1.29 is 9.15 Å². The second kappa shape index (κ2) is 13.3. The highest BCUT2D eigenvalue weighted by Crippen LogP contribution is 2.15. The Labute approximate surface area is 160 Å². The Balaban J connectivity index is 1.70. The van der Waals surface area contributed by atoms with Crippen molar-refractivity contribution in [2.75, 3.05) is 39.1 Å². The van der Waals surface area contributed by atoms with Gasteiger partial charge in [0.05, 0.1) is 6.26 Å². The summed E-state index contributed by atoms with van der Waals surface area (Å²) in [6.07, 6.45) is 4.61. The molecule has 0 radical (unpaired) electrons. The van der Waals surface area contributed by atoms with Crippen LogP contribution in [0.2, 0.25) is 0 Å². The van der Waals surface area contributed by atoms with Gasteiger partial charge in [0.1, 0.15) is 5.76 Å². The van der Waals surface area contributed by atoms with Crippen molar-refractivity contribution in [1.29, 1.82) is 0 Å². The van der Waals surface area contributed by atoms with Crippen LogP contribution in [0, 0.1) is 0 Å². The molecule has 2 rings (SSSR count). The molecule has 0 saturated heterocycles. The van der Waals surface area contributed by atoms with Crippen molar-refractivity contribution in [2.24, 2.45) is 4.99 Å². The van der Waals surface area contributed by atoms with E-state index < -0.39 is 0 Å². The van der Waals surface area contributed by atoms with Crippen LogP contribution in [-0.4, -0.2) is 45.1 Å². The van der Waals surface area contributed by atoms with E-state index in [4.69, 9.17) is 9.15 Å². The molecular formula is C20H29N3O2S. The number of nitrogens with one attached hydrogen (secondary N) is 2. The Bertz CT molecular complexity index is 603. The van der Waals surface area contributed by atoms with Gasteiger partial charge in [-0.1, -0.05) is 18.2 Å². The largest absolute Gasteiger partial charge is 0.469 e. The summed E-state index contributed by atoms with van der Waals surface area (Å²) in [6.45, 7) is 3.25. The van der Waals surface area contributed by atoms with Crippen LogP contribution in [-0.2, 0) is 11.2 Å². The summed E-state index contributed by atoms with van der Waals surface area (Å²) in [5.74, 6) is 2.84. The zero-order valence-electron chi connectivity index (χ0n) is 15.4. The van der Waals surface area contributed by atoms with Gasteiger partial charge in [-0.2, -0.15) is 0 Å². The first kappa shape index (κ1) is 20.4. The number of thioether (sulfide) groups is 1. The standard InChI is InChI=1S/C20H29N3O2S/c1-24-15-6-5-12-21-20(22-13-11-18-8-7-16-25-18)23-14-17-26-19-9-3-2-4-10-19/h2-4,7-10,16H,5-6,11-15,17H2,1H3,(H2,21,22,23). The normalized spacial score (nSPS) is 11.5. The van der Waals surface area contributed by atoms with Crippen molar-refractivity contribution in [2.45, 2.75) is 24.2 Å². The first-order valence-electron chi connectivity index (χ1n) is 9.10. The lowest BCUT2D eigenvalue weighted by atomic mass is 10.3. The molecule has 0 aliphatic rings. The van der Waals surface area contributed by atoms with Gasteiger partial charge in [0.2, 0.25) is 0 Å². The van der Waals surface area contributed by atoms with Crippen LogP contribution < -0.4 is 10.6 Å². The lowest BCUT2D eigenvalue weighted by molar-refractivity contribution is 0.193. The minimum atomic E-state index is 0.790. The molecule has 1 aromatic heterocycles. The highest BCUT2D eigenvalue weighted by atomic mass is 32.2. The third-order valence-electron chi connectivity index (χ3n) is 3.68. The third kappa shape index (κ3) is 8.97. The number of rotatable bonds is 12. The first-order chi connectivity index (χ1) is 12.9. The van der Waals surface area contributed by atoms with Gasteiger partial charge in [-0.05, 0) is 37.1 Å². The van der Waals surface area contributed by atoms with Crippen LogP contribution >= 0.6 is 11.8 Å². The zero-order chi connectivity index (χ0) is 18.3. The highest BCUT2D eigenvalue weighted by Gasteiger charge is 2.01. The predicted octanol–water partition coefficient (Wildman–Crippen LogP) is 3.58. The molecule has 2 aromatic rings. The summed E-state index contributed by atoms with van der Waals surface area (Å²) in [4.78, 5) is 5.95. The maximum absolute atomic E-state index is 5.37. The van der Waals surface area contributed by atoms with E-state index in [1.54, 1.807) is 13.4 Å². The van der Waals surface area contributed by atoms with E-state index >= 15 is 0 Å². The Morgan fingerprint density at radius 1 is 1.08 bits per heavy atom. The molecule has 5 nitrogen and oxygen atoms in total. The van der Waals surface area contributed by atoms with Gasteiger partial charge in [-0.15, -0.1) is 11.8 Å². The molecule has 2 N–H and O–H groups in total. The molecule has 0 spiro atoms. The van der Waals surface area contributed by atoms with E-state index in [-0.39, 0.29) is 0 Å². The minimum absolute atomic E-state index is 0.790. The molecule has 1 heterocycles. The number of nitrogens with zero attached hydrogens (tertiary/aromatic N) is 1. The molecule has 0 fully saturated rings. The van der Waals surface area contributed by atoms with Crippen molar-refractivity contribution in [3.63, 3.8) is 0 Å². The molecule has 0 atom stereocenters. The molecule has 1 aromatic carbocycles. The predicted molar refractivity (Wildman–Crippen MR) is 109 cm³/mol. The summed E-state index contributed by atoms with van der Waals surface area (Å²) in [5.41, 5.74) is 0. The average Bonchev–Trinajstić information content (AvgIpc) is 3.19. The van der Waals surface area contributed by atoms with Crippen LogP contribution in [0.1, 0.15) is 18.6 Å². The Kier molecular flexibility index (Phi) is 10.4. The van der Waals surface area contributed by atoms with E-state index in [1.165, 1.54) is 4.90 Å². The molecule has 0 aliphatic heterocycles. The van der Waals surface area contributed by atoms with Crippen molar-refractivity contribution in [3.05, 3.63) is 54.5 Å². The number of hydrogen-bond donors (Lipinski definition) is 2. The fourth-order valence-corrected chi connectivity index (χ4v) is 3.13. The molecule has 0 bridgehead atoms. The van der Waals surface area contributed by atoms with Crippen molar-refractivity contribution >= 4 is 17.7 Å². The van der Waals surface area contributed by atoms with Gasteiger partial charge in [0, 0.05) is 50.4 Å². The second-order valence-electron chi connectivity index (χ2n) is 5.77. The summed E-state index contributed by atoms with van der Waals surface area (Å²) in [5, 5.41) is 6.80. The van der Waals surface area contributed by atoms with Gasteiger partial charge in [0.15, 0.2) is 5.96 Å². The molecule has 0 saturated carbocycles. The topological polar surface area (TPSA) is 58.8 Å². The third-order valence-corrected chi connectivity index (χ3v) is 4.69. The second-order valence-corrected chi connectivity index (χ2v) is 6.94. The van der Waals surface area contributed by atoms with Crippen molar-refractivity contribution in [3.8, 4) is 0 Å². The summed E-state index contributed by atoms with van der Waals surface area (Å²) < 4.78 is 10.5. The van der Waals surface area contributed by atoms with Gasteiger partial charge in [-0.3, -0.25) is 4.99 Å². The first-order valence-corrected chi connectivity index (χ1v) is 10.1. The van der Waals surface area contributed by atoms with Gasteiger partial charge < -0.3 is 19.8 Å². The maximum Gasteiger partial charge on any atom is 0.191 e. The van der Waals surface area contributed by atoms with Crippen LogP contribution in [0.3, 0.4) is 0 Å². The van der Waals surface area contributed by atoms with Crippen LogP contribution in [0.5, 0.6) is 0 Å². The lowest BCUT2D eigenvalue weighted by Gasteiger charge is -2.12. The molecule has 26 heavy (non-hydrogen) atoms. The number of furan rings is 1. The molecular weight excluding hydrogens is 346 g/mol. The molecule has 6 heteroatoms. The average molecular weight is 376 g/mol. The number of benzene rings is 1. The minimum Gasteiger partial charge on any atom is -0.469 e. The summed E-state index contributed by atoms with van der Waals surface area (Å²) in [6, 6.07) is 14.4. The maximum atomic E-state index is 5.37. The quantitative estimate of drug-likeness (QED) is 0.257. The SMILES string of the molecule is COCCCCN=C(NCCSc1ccccc1)NCCc1ccco1. The highest BCUT2D eigenvalue weighted by molar-refractivity contribution is 7.99. The fraction of sp³-hybridized carbons (Fsp3) is 0.450. The summed E-state index contributed by atoms with van der Waals surface area (Å²) in [7, 11) is 1.73. The van der Waals surface area contributed by atoms with E-state index in [9.17, 15) is 0 Å². The number of ether oxygens (including phenoxy) is 1. The molecule has 0 aliphatic carbocycles. The number of hydrogen-bond acceptors (Lipinski definition) is 4. The smallest absolute Gasteiger partial charge is 0.191 e.